The smallest absolute Gasteiger partial charge is 0.241 e. The lowest BCUT2D eigenvalue weighted by atomic mass is 10.2. The standard InChI is InChI=1S/C11H11IN2O2S/c1-8-7-10(12)3-4-11(8)17(15,16)14-6-5-13-9(14)2/h3-7H,1-2H3. The van der Waals surface area contributed by atoms with E-state index in [0.717, 1.165) is 9.13 Å². The van der Waals surface area contributed by atoms with Gasteiger partial charge in [0.2, 0.25) is 0 Å². The first kappa shape index (κ1) is 12.6. The molecule has 0 bridgehead atoms. The van der Waals surface area contributed by atoms with E-state index in [0.29, 0.717) is 10.7 Å². The molecule has 1 aromatic heterocycles. The van der Waals surface area contributed by atoms with Crippen molar-refractivity contribution in [2.45, 2.75) is 18.7 Å². The van der Waals surface area contributed by atoms with Gasteiger partial charge in [0, 0.05) is 16.0 Å². The van der Waals surface area contributed by atoms with Gasteiger partial charge in [0.1, 0.15) is 5.82 Å². The first-order valence-electron chi connectivity index (χ1n) is 4.94. The molecule has 6 heteroatoms. The number of halogens is 1. The molecule has 0 amide bonds. The molecule has 90 valence electrons. The molecule has 2 rings (SSSR count). The predicted octanol–water partition coefficient (Wildman–Crippen LogP) is 2.34. The molecule has 0 aliphatic carbocycles. The highest BCUT2D eigenvalue weighted by molar-refractivity contribution is 14.1. The normalized spacial score (nSPS) is 11.7. The lowest BCUT2D eigenvalue weighted by molar-refractivity contribution is 0.585. The van der Waals surface area contributed by atoms with Crippen molar-refractivity contribution >= 4 is 32.6 Å². The lowest BCUT2D eigenvalue weighted by Crippen LogP contribution is -2.15. The Balaban J connectivity index is 2.65. The van der Waals surface area contributed by atoms with Gasteiger partial charge in [0.15, 0.2) is 0 Å². The number of rotatable bonds is 2. The second-order valence-electron chi connectivity index (χ2n) is 3.69. The fourth-order valence-corrected chi connectivity index (χ4v) is 3.80. The van der Waals surface area contributed by atoms with E-state index in [4.69, 9.17) is 0 Å². The van der Waals surface area contributed by atoms with E-state index in [1.807, 2.05) is 6.07 Å². The number of aryl methyl sites for hydroxylation is 2. The van der Waals surface area contributed by atoms with Crippen LogP contribution in [0.15, 0.2) is 35.5 Å². The second kappa shape index (κ2) is 4.41. The van der Waals surface area contributed by atoms with Crippen LogP contribution in [-0.4, -0.2) is 17.4 Å². The Morgan fingerprint density at radius 3 is 2.53 bits per heavy atom. The Kier molecular flexibility index (Phi) is 3.26. The number of benzene rings is 1. The molecule has 0 aliphatic heterocycles. The third kappa shape index (κ3) is 2.23. The first-order chi connectivity index (χ1) is 7.93. The molecule has 17 heavy (non-hydrogen) atoms. The number of nitrogens with zero attached hydrogens (tertiary/aromatic N) is 2. The largest absolute Gasteiger partial charge is 0.269 e. The van der Waals surface area contributed by atoms with Gasteiger partial charge in [-0.15, -0.1) is 0 Å². The molecule has 0 saturated carbocycles. The number of imidazole rings is 1. The summed E-state index contributed by atoms with van der Waals surface area (Å²) in [5.74, 6) is 0.461. The minimum Gasteiger partial charge on any atom is -0.241 e. The maximum Gasteiger partial charge on any atom is 0.269 e. The summed E-state index contributed by atoms with van der Waals surface area (Å²) < 4.78 is 26.9. The molecule has 0 aliphatic rings. The summed E-state index contributed by atoms with van der Waals surface area (Å²) in [6.07, 6.45) is 2.94. The van der Waals surface area contributed by atoms with Crippen LogP contribution in [0.2, 0.25) is 0 Å². The molecule has 0 N–H and O–H groups in total. The van der Waals surface area contributed by atoms with Crippen LogP contribution >= 0.6 is 22.6 Å². The van der Waals surface area contributed by atoms with Crippen molar-refractivity contribution in [1.29, 1.82) is 0 Å². The van der Waals surface area contributed by atoms with Gasteiger partial charge in [-0.1, -0.05) is 0 Å². The molecular weight excluding hydrogens is 351 g/mol. The molecule has 2 aromatic rings. The van der Waals surface area contributed by atoms with E-state index in [9.17, 15) is 8.42 Å². The Labute approximate surface area is 114 Å². The minimum absolute atomic E-state index is 0.319. The highest BCUT2D eigenvalue weighted by Crippen LogP contribution is 2.21. The topological polar surface area (TPSA) is 52.0 Å². The van der Waals surface area contributed by atoms with Crippen LogP contribution < -0.4 is 0 Å². The summed E-state index contributed by atoms with van der Waals surface area (Å²) in [6.45, 7) is 3.46. The maximum absolute atomic E-state index is 12.4. The van der Waals surface area contributed by atoms with E-state index in [1.165, 1.54) is 16.4 Å². The molecule has 0 spiro atoms. The van der Waals surface area contributed by atoms with E-state index in [1.54, 1.807) is 26.0 Å². The van der Waals surface area contributed by atoms with E-state index >= 15 is 0 Å². The average Bonchev–Trinajstić information content (AvgIpc) is 2.64. The van der Waals surface area contributed by atoms with Gasteiger partial charge in [-0.05, 0) is 60.2 Å². The summed E-state index contributed by atoms with van der Waals surface area (Å²) in [4.78, 5) is 4.26. The lowest BCUT2D eigenvalue weighted by Gasteiger charge is -2.09. The fraction of sp³-hybridized carbons (Fsp3) is 0.182. The fourth-order valence-electron chi connectivity index (χ4n) is 1.63. The van der Waals surface area contributed by atoms with Crippen LogP contribution in [0.5, 0.6) is 0 Å². The zero-order valence-electron chi connectivity index (χ0n) is 9.38. The van der Waals surface area contributed by atoms with Crippen molar-refractivity contribution in [3.05, 3.63) is 45.6 Å². The van der Waals surface area contributed by atoms with Gasteiger partial charge in [0.05, 0.1) is 4.90 Å². The highest BCUT2D eigenvalue weighted by atomic mass is 127. The van der Waals surface area contributed by atoms with Crippen molar-refractivity contribution in [1.82, 2.24) is 8.96 Å². The SMILES string of the molecule is Cc1cc(I)ccc1S(=O)(=O)n1ccnc1C. The van der Waals surface area contributed by atoms with Crippen LogP contribution in [0.1, 0.15) is 11.4 Å². The van der Waals surface area contributed by atoms with Crippen LogP contribution in [0.3, 0.4) is 0 Å². The molecule has 0 radical (unpaired) electrons. The molecule has 0 atom stereocenters. The summed E-state index contributed by atoms with van der Waals surface area (Å²) in [6, 6.07) is 5.26. The van der Waals surface area contributed by atoms with Crippen LogP contribution in [0.25, 0.3) is 0 Å². The van der Waals surface area contributed by atoms with Crippen molar-refractivity contribution in [3.63, 3.8) is 0 Å². The van der Waals surface area contributed by atoms with Crippen LogP contribution in [-0.2, 0) is 10.0 Å². The quantitative estimate of drug-likeness (QED) is 0.771. The number of aromatic nitrogens is 2. The first-order valence-corrected chi connectivity index (χ1v) is 7.46. The van der Waals surface area contributed by atoms with Gasteiger partial charge in [0.25, 0.3) is 10.0 Å². The van der Waals surface area contributed by atoms with Gasteiger partial charge < -0.3 is 0 Å². The van der Waals surface area contributed by atoms with Gasteiger partial charge in [-0.2, -0.15) is 0 Å². The average molecular weight is 362 g/mol. The molecule has 0 unspecified atom stereocenters. The Morgan fingerprint density at radius 2 is 2.00 bits per heavy atom. The summed E-state index contributed by atoms with van der Waals surface area (Å²) in [5.41, 5.74) is 0.741. The zero-order chi connectivity index (χ0) is 12.6. The maximum atomic E-state index is 12.4. The van der Waals surface area contributed by atoms with Crippen molar-refractivity contribution in [2.24, 2.45) is 0 Å². The van der Waals surface area contributed by atoms with E-state index in [2.05, 4.69) is 27.6 Å². The monoisotopic (exact) mass is 362 g/mol. The molecular formula is C11H11IN2O2S. The van der Waals surface area contributed by atoms with Crippen molar-refractivity contribution in [3.8, 4) is 0 Å². The summed E-state index contributed by atoms with van der Waals surface area (Å²) in [5, 5.41) is 0. The van der Waals surface area contributed by atoms with Crippen LogP contribution in [0, 0.1) is 17.4 Å². The van der Waals surface area contributed by atoms with Gasteiger partial charge in [-0.25, -0.2) is 17.4 Å². The zero-order valence-corrected chi connectivity index (χ0v) is 12.4. The summed E-state index contributed by atoms with van der Waals surface area (Å²) >= 11 is 2.16. The van der Waals surface area contributed by atoms with Crippen molar-refractivity contribution in [2.75, 3.05) is 0 Å². The molecule has 1 aromatic carbocycles. The minimum atomic E-state index is -3.52. The van der Waals surface area contributed by atoms with E-state index in [-0.39, 0.29) is 0 Å². The second-order valence-corrected chi connectivity index (χ2v) is 6.71. The number of hydrogen-bond donors (Lipinski definition) is 0. The molecule has 0 saturated heterocycles. The summed E-state index contributed by atoms with van der Waals surface area (Å²) in [7, 11) is -3.52. The Hall–Kier alpha value is -0.890. The van der Waals surface area contributed by atoms with Crippen LogP contribution in [0.4, 0.5) is 0 Å². The predicted molar refractivity (Wildman–Crippen MR) is 73.4 cm³/mol. The van der Waals surface area contributed by atoms with Crippen molar-refractivity contribution < 1.29 is 8.42 Å². The Bertz CT molecular complexity index is 662. The highest BCUT2D eigenvalue weighted by Gasteiger charge is 2.20. The molecule has 4 nitrogen and oxygen atoms in total. The van der Waals surface area contributed by atoms with E-state index < -0.39 is 10.0 Å². The van der Waals surface area contributed by atoms with Gasteiger partial charge in [-0.3, -0.25) is 0 Å². The third-order valence-electron chi connectivity index (χ3n) is 2.46. The van der Waals surface area contributed by atoms with Gasteiger partial charge >= 0.3 is 0 Å². The third-order valence-corrected chi connectivity index (χ3v) is 5.04. The number of hydrogen-bond acceptors (Lipinski definition) is 3. The molecule has 1 heterocycles. The molecule has 0 fully saturated rings. The Morgan fingerprint density at radius 1 is 1.29 bits per heavy atom.